The Bertz CT molecular complexity index is 575. The highest BCUT2D eigenvalue weighted by Gasteiger charge is 2.42. The van der Waals surface area contributed by atoms with Crippen molar-refractivity contribution in [2.45, 2.75) is 32.0 Å². The molecule has 3 rings (SSSR count). The van der Waals surface area contributed by atoms with Gasteiger partial charge in [-0.3, -0.25) is 0 Å². The monoisotopic (exact) mass is 336 g/mol. The number of halogens is 1. The molecule has 1 aromatic rings. The molecule has 1 atom stereocenters. The van der Waals surface area contributed by atoms with Crippen LogP contribution in [0.1, 0.15) is 25.3 Å². The molecule has 1 N–H and O–H groups in total. The van der Waals surface area contributed by atoms with E-state index in [-0.39, 0.29) is 17.8 Å². The molecule has 2 saturated heterocycles. The molecule has 5 nitrogen and oxygen atoms in total. The Morgan fingerprint density at radius 1 is 1.42 bits per heavy atom. The van der Waals surface area contributed by atoms with Gasteiger partial charge in [-0.2, -0.15) is 0 Å². The van der Waals surface area contributed by atoms with E-state index in [2.05, 4.69) is 5.32 Å². The van der Waals surface area contributed by atoms with Crippen LogP contribution in [0, 0.1) is 11.7 Å². The zero-order valence-electron chi connectivity index (χ0n) is 14.1. The van der Waals surface area contributed by atoms with Gasteiger partial charge in [-0.1, -0.05) is 12.1 Å². The molecule has 2 fully saturated rings. The highest BCUT2D eigenvalue weighted by Crippen LogP contribution is 2.34. The second kappa shape index (κ2) is 7.49. The number of amides is 2. The molecule has 1 unspecified atom stereocenters. The minimum Gasteiger partial charge on any atom is -0.347 e. The molecule has 0 spiro atoms. The van der Waals surface area contributed by atoms with Crippen LogP contribution >= 0.6 is 0 Å². The van der Waals surface area contributed by atoms with Crippen LogP contribution in [0.25, 0.3) is 0 Å². The third-order valence-corrected chi connectivity index (χ3v) is 4.89. The number of hydrogen-bond donors (Lipinski definition) is 1. The van der Waals surface area contributed by atoms with Crippen molar-refractivity contribution in [2.24, 2.45) is 5.92 Å². The number of nitrogens with one attached hydrogen (secondary N) is 1. The van der Waals surface area contributed by atoms with Crippen molar-refractivity contribution >= 4 is 6.03 Å². The van der Waals surface area contributed by atoms with Gasteiger partial charge in [-0.05, 0) is 43.9 Å². The molecule has 2 amide bonds. The molecule has 1 aromatic carbocycles. The zero-order chi connectivity index (χ0) is 17.0. The van der Waals surface area contributed by atoms with Gasteiger partial charge in [-0.25, -0.2) is 9.18 Å². The van der Waals surface area contributed by atoms with Crippen molar-refractivity contribution in [1.82, 2.24) is 10.2 Å². The van der Waals surface area contributed by atoms with E-state index in [1.54, 1.807) is 6.07 Å². The first-order valence-corrected chi connectivity index (χ1v) is 8.62. The lowest BCUT2D eigenvalue weighted by atomic mass is 9.90. The Morgan fingerprint density at radius 3 is 2.96 bits per heavy atom. The summed E-state index contributed by atoms with van der Waals surface area (Å²) in [6, 6.07) is 6.39. The maximum Gasteiger partial charge on any atom is 0.317 e. The van der Waals surface area contributed by atoms with Crippen LogP contribution in [-0.2, 0) is 15.9 Å². The number of nitrogens with zero attached hydrogens (tertiary/aromatic N) is 1. The van der Waals surface area contributed by atoms with E-state index >= 15 is 0 Å². The Morgan fingerprint density at radius 2 is 2.21 bits per heavy atom. The molecule has 0 radical (unpaired) electrons. The topological polar surface area (TPSA) is 50.8 Å². The van der Waals surface area contributed by atoms with Gasteiger partial charge >= 0.3 is 6.03 Å². The van der Waals surface area contributed by atoms with Crippen molar-refractivity contribution in [3.8, 4) is 0 Å². The molecule has 2 aliphatic heterocycles. The minimum absolute atomic E-state index is 0.0716. The lowest BCUT2D eigenvalue weighted by Gasteiger charge is -2.39. The standard InChI is InChI=1S/C18H25FN2O3/c1-18(23-10-11-24-18)15-5-3-9-21(13-15)17(22)20-8-7-14-4-2-6-16(19)12-14/h2,4,6,12,15H,3,5,7-11,13H2,1H3,(H,20,22). The van der Waals surface area contributed by atoms with Gasteiger partial charge in [0.05, 0.1) is 13.2 Å². The van der Waals surface area contributed by atoms with Crippen molar-refractivity contribution < 1.29 is 18.7 Å². The van der Waals surface area contributed by atoms with Crippen LogP contribution in [0.15, 0.2) is 24.3 Å². The lowest BCUT2D eigenvalue weighted by Crippen LogP contribution is -2.51. The number of carbonyl (C=O) groups is 1. The van der Waals surface area contributed by atoms with E-state index in [1.807, 2.05) is 17.9 Å². The fourth-order valence-corrected chi connectivity index (χ4v) is 3.47. The van der Waals surface area contributed by atoms with Crippen LogP contribution in [0.5, 0.6) is 0 Å². The summed E-state index contributed by atoms with van der Waals surface area (Å²) in [6.07, 6.45) is 2.57. The summed E-state index contributed by atoms with van der Waals surface area (Å²) < 4.78 is 24.6. The molecule has 2 aliphatic rings. The summed E-state index contributed by atoms with van der Waals surface area (Å²) in [5, 5.41) is 2.93. The first-order valence-electron chi connectivity index (χ1n) is 8.62. The number of likely N-dealkylation sites (tertiary alicyclic amines) is 1. The summed E-state index contributed by atoms with van der Waals surface area (Å²) in [4.78, 5) is 14.2. The van der Waals surface area contributed by atoms with E-state index in [4.69, 9.17) is 9.47 Å². The summed E-state index contributed by atoms with van der Waals surface area (Å²) in [6.45, 7) is 5.09. The average molecular weight is 336 g/mol. The van der Waals surface area contributed by atoms with Gasteiger partial charge in [-0.15, -0.1) is 0 Å². The molecule has 2 heterocycles. The van der Waals surface area contributed by atoms with Crippen LogP contribution in [0.2, 0.25) is 0 Å². The quantitative estimate of drug-likeness (QED) is 0.919. The average Bonchev–Trinajstić information content (AvgIpc) is 3.03. The summed E-state index contributed by atoms with van der Waals surface area (Å²) in [7, 11) is 0. The second-order valence-corrected chi connectivity index (χ2v) is 6.61. The van der Waals surface area contributed by atoms with E-state index in [0.29, 0.717) is 32.7 Å². The predicted octanol–water partition coefficient (Wildman–Crippen LogP) is 2.55. The summed E-state index contributed by atoms with van der Waals surface area (Å²) >= 11 is 0. The van der Waals surface area contributed by atoms with Crippen molar-refractivity contribution in [3.05, 3.63) is 35.6 Å². The Hall–Kier alpha value is -1.66. The number of rotatable bonds is 4. The highest BCUT2D eigenvalue weighted by molar-refractivity contribution is 5.74. The number of carbonyl (C=O) groups excluding carboxylic acids is 1. The van der Waals surface area contributed by atoms with Gasteiger partial charge in [0.15, 0.2) is 5.79 Å². The first kappa shape index (κ1) is 17.2. The summed E-state index contributed by atoms with van der Waals surface area (Å²) in [5.74, 6) is -0.620. The molecule has 132 valence electrons. The van der Waals surface area contributed by atoms with Crippen LogP contribution in [0.4, 0.5) is 9.18 Å². The number of urea groups is 1. The molecular formula is C18H25FN2O3. The number of benzene rings is 1. The molecule has 0 bridgehead atoms. The SMILES string of the molecule is CC1(C2CCCN(C(=O)NCCc3cccc(F)c3)C2)OCCO1. The van der Waals surface area contributed by atoms with E-state index in [9.17, 15) is 9.18 Å². The third-order valence-electron chi connectivity index (χ3n) is 4.89. The first-order chi connectivity index (χ1) is 11.6. The summed E-state index contributed by atoms with van der Waals surface area (Å²) in [5.41, 5.74) is 0.882. The number of ether oxygens (including phenoxy) is 2. The number of piperidine rings is 1. The third kappa shape index (κ3) is 4.05. The lowest BCUT2D eigenvalue weighted by molar-refractivity contribution is -0.189. The van der Waals surface area contributed by atoms with Crippen LogP contribution < -0.4 is 5.32 Å². The predicted molar refractivity (Wildman–Crippen MR) is 88.1 cm³/mol. The minimum atomic E-state index is -0.569. The molecule has 24 heavy (non-hydrogen) atoms. The molecular weight excluding hydrogens is 311 g/mol. The maximum atomic E-state index is 13.2. The molecule has 6 heteroatoms. The number of hydrogen-bond acceptors (Lipinski definition) is 3. The van der Waals surface area contributed by atoms with Crippen LogP contribution in [0.3, 0.4) is 0 Å². The Kier molecular flexibility index (Phi) is 5.36. The van der Waals surface area contributed by atoms with Gasteiger partial charge in [0.25, 0.3) is 0 Å². The molecule has 0 aliphatic carbocycles. The smallest absolute Gasteiger partial charge is 0.317 e. The highest BCUT2D eigenvalue weighted by atomic mass is 19.1. The Labute approximate surface area is 142 Å². The van der Waals surface area contributed by atoms with Gasteiger partial charge < -0.3 is 19.7 Å². The van der Waals surface area contributed by atoms with E-state index < -0.39 is 5.79 Å². The van der Waals surface area contributed by atoms with Crippen molar-refractivity contribution in [3.63, 3.8) is 0 Å². The zero-order valence-corrected chi connectivity index (χ0v) is 14.1. The van der Waals surface area contributed by atoms with Crippen molar-refractivity contribution in [1.29, 1.82) is 0 Å². The fraction of sp³-hybridized carbons (Fsp3) is 0.611. The molecule has 0 aromatic heterocycles. The van der Waals surface area contributed by atoms with Crippen LogP contribution in [-0.4, -0.2) is 49.6 Å². The van der Waals surface area contributed by atoms with Gasteiger partial charge in [0.1, 0.15) is 5.82 Å². The largest absolute Gasteiger partial charge is 0.347 e. The maximum absolute atomic E-state index is 13.2. The normalized spacial score (nSPS) is 23.2. The van der Waals surface area contributed by atoms with Crippen molar-refractivity contribution in [2.75, 3.05) is 32.8 Å². The van der Waals surface area contributed by atoms with E-state index in [1.165, 1.54) is 12.1 Å². The fourth-order valence-electron chi connectivity index (χ4n) is 3.47. The van der Waals surface area contributed by atoms with Gasteiger partial charge in [0, 0.05) is 25.6 Å². The second-order valence-electron chi connectivity index (χ2n) is 6.61. The molecule has 0 saturated carbocycles. The van der Waals surface area contributed by atoms with Gasteiger partial charge in [0.2, 0.25) is 0 Å². The van der Waals surface area contributed by atoms with E-state index in [0.717, 1.165) is 24.9 Å². The Balaban J connectivity index is 1.47.